The summed E-state index contributed by atoms with van der Waals surface area (Å²) in [5, 5.41) is 6.14. The molecule has 2 aliphatic rings. The first-order valence-electron chi connectivity index (χ1n) is 7.69. The zero-order valence-corrected chi connectivity index (χ0v) is 12.3. The van der Waals surface area contributed by atoms with Crippen LogP contribution in [0.25, 0.3) is 0 Å². The van der Waals surface area contributed by atoms with Crippen LogP contribution < -0.4 is 10.6 Å². The summed E-state index contributed by atoms with van der Waals surface area (Å²) in [5.74, 6) is 1.74. The van der Waals surface area contributed by atoms with Crippen molar-refractivity contribution in [3.8, 4) is 0 Å². The minimum absolute atomic E-state index is 0.0253. The van der Waals surface area contributed by atoms with Gasteiger partial charge in [-0.2, -0.15) is 0 Å². The lowest BCUT2D eigenvalue weighted by Gasteiger charge is -2.38. The molecule has 1 saturated heterocycles. The lowest BCUT2D eigenvalue weighted by Crippen LogP contribution is -2.59. The van der Waals surface area contributed by atoms with Gasteiger partial charge in [0.25, 0.3) is 0 Å². The first-order chi connectivity index (χ1) is 9.07. The van der Waals surface area contributed by atoms with E-state index in [1.165, 1.54) is 25.7 Å². The first-order valence-corrected chi connectivity index (χ1v) is 7.69. The van der Waals surface area contributed by atoms with Gasteiger partial charge < -0.3 is 15.4 Å². The second kappa shape index (κ2) is 6.71. The topological polar surface area (TPSA) is 50.4 Å². The summed E-state index contributed by atoms with van der Waals surface area (Å²) in [6.07, 6.45) is 6.49. The zero-order valence-electron chi connectivity index (χ0n) is 12.3. The number of carbonyl (C=O) groups is 1. The van der Waals surface area contributed by atoms with Crippen molar-refractivity contribution in [2.24, 2.45) is 11.8 Å². The van der Waals surface area contributed by atoms with Crippen LogP contribution in [0.1, 0.15) is 46.0 Å². The van der Waals surface area contributed by atoms with Crippen LogP contribution in [0.4, 0.5) is 0 Å². The van der Waals surface area contributed by atoms with E-state index in [1.54, 1.807) is 0 Å². The van der Waals surface area contributed by atoms with Crippen LogP contribution in [0.2, 0.25) is 0 Å². The molecule has 2 fully saturated rings. The molecule has 19 heavy (non-hydrogen) atoms. The van der Waals surface area contributed by atoms with E-state index in [0.717, 1.165) is 37.9 Å². The van der Waals surface area contributed by atoms with Gasteiger partial charge in [-0.25, -0.2) is 0 Å². The molecular formula is C15H28N2O2. The predicted octanol–water partition coefficient (Wildman–Crippen LogP) is 1.70. The molecule has 0 aromatic rings. The SMILES string of the molecule is CC1CCC(CCNC(=O)COC2(C)CNC2)CC1. The fourth-order valence-corrected chi connectivity index (χ4v) is 2.90. The van der Waals surface area contributed by atoms with Crippen molar-refractivity contribution in [1.82, 2.24) is 10.6 Å². The van der Waals surface area contributed by atoms with Gasteiger partial charge in [0.1, 0.15) is 6.61 Å². The van der Waals surface area contributed by atoms with Crippen LogP contribution in [0.5, 0.6) is 0 Å². The van der Waals surface area contributed by atoms with Crippen LogP contribution in [-0.4, -0.2) is 37.7 Å². The van der Waals surface area contributed by atoms with Gasteiger partial charge in [-0.15, -0.1) is 0 Å². The van der Waals surface area contributed by atoms with Gasteiger partial charge in [0, 0.05) is 19.6 Å². The lowest BCUT2D eigenvalue weighted by atomic mass is 9.81. The molecule has 110 valence electrons. The maximum Gasteiger partial charge on any atom is 0.246 e. The van der Waals surface area contributed by atoms with Gasteiger partial charge in [-0.1, -0.05) is 32.6 Å². The summed E-state index contributed by atoms with van der Waals surface area (Å²) in [4.78, 5) is 11.7. The van der Waals surface area contributed by atoms with Crippen LogP contribution >= 0.6 is 0 Å². The van der Waals surface area contributed by atoms with Gasteiger partial charge in [-0.05, 0) is 25.2 Å². The summed E-state index contributed by atoms with van der Waals surface area (Å²) < 4.78 is 5.61. The quantitative estimate of drug-likeness (QED) is 0.771. The van der Waals surface area contributed by atoms with Crippen molar-refractivity contribution in [1.29, 1.82) is 0 Å². The van der Waals surface area contributed by atoms with E-state index in [0.29, 0.717) is 0 Å². The molecule has 4 heteroatoms. The molecule has 2 rings (SSSR count). The minimum Gasteiger partial charge on any atom is -0.363 e. The summed E-state index contributed by atoms with van der Waals surface area (Å²) >= 11 is 0. The third-order valence-electron chi connectivity index (χ3n) is 4.56. The molecule has 1 aliphatic heterocycles. The number of carbonyl (C=O) groups excluding carboxylic acids is 1. The molecule has 0 atom stereocenters. The molecule has 0 spiro atoms. The highest BCUT2D eigenvalue weighted by Gasteiger charge is 2.32. The Hall–Kier alpha value is -0.610. The van der Waals surface area contributed by atoms with Gasteiger partial charge in [0.2, 0.25) is 5.91 Å². The van der Waals surface area contributed by atoms with Gasteiger partial charge in [0.15, 0.2) is 0 Å². The highest BCUT2D eigenvalue weighted by Crippen LogP contribution is 2.29. The number of nitrogens with one attached hydrogen (secondary N) is 2. The van der Waals surface area contributed by atoms with E-state index >= 15 is 0 Å². The maximum absolute atomic E-state index is 11.7. The average Bonchev–Trinajstić information content (AvgIpc) is 2.36. The smallest absolute Gasteiger partial charge is 0.246 e. The highest BCUT2D eigenvalue weighted by atomic mass is 16.5. The third-order valence-corrected chi connectivity index (χ3v) is 4.56. The van der Waals surface area contributed by atoms with Crippen molar-refractivity contribution in [2.45, 2.75) is 51.6 Å². The Morgan fingerprint density at radius 1 is 1.32 bits per heavy atom. The summed E-state index contributed by atoms with van der Waals surface area (Å²) in [7, 11) is 0. The van der Waals surface area contributed by atoms with Crippen molar-refractivity contribution in [2.75, 3.05) is 26.2 Å². The fraction of sp³-hybridized carbons (Fsp3) is 0.933. The Morgan fingerprint density at radius 2 is 2.00 bits per heavy atom. The lowest BCUT2D eigenvalue weighted by molar-refractivity contribution is -0.135. The molecule has 0 aromatic carbocycles. The minimum atomic E-state index is -0.128. The largest absolute Gasteiger partial charge is 0.363 e. The molecular weight excluding hydrogens is 240 g/mol. The van der Waals surface area contributed by atoms with E-state index in [4.69, 9.17) is 4.74 Å². The standard InChI is InChI=1S/C15H28N2O2/c1-12-3-5-13(6-4-12)7-8-17-14(18)9-19-15(2)10-16-11-15/h12-13,16H,3-11H2,1-2H3,(H,17,18). The van der Waals surface area contributed by atoms with Crippen LogP contribution in [0.3, 0.4) is 0 Å². The summed E-state index contributed by atoms with van der Waals surface area (Å²) in [6.45, 7) is 7.07. The Kier molecular flexibility index (Phi) is 5.22. The first kappa shape index (κ1) is 14.8. The van der Waals surface area contributed by atoms with Crippen molar-refractivity contribution < 1.29 is 9.53 Å². The molecule has 0 bridgehead atoms. The zero-order chi connectivity index (χ0) is 13.7. The number of amides is 1. The van der Waals surface area contributed by atoms with Crippen LogP contribution in [0.15, 0.2) is 0 Å². The molecule has 1 heterocycles. The Balaban J connectivity index is 1.51. The van der Waals surface area contributed by atoms with Crippen molar-refractivity contribution in [3.05, 3.63) is 0 Å². The molecule has 1 saturated carbocycles. The summed E-state index contributed by atoms with van der Waals surface area (Å²) in [5.41, 5.74) is -0.128. The van der Waals surface area contributed by atoms with Gasteiger partial charge >= 0.3 is 0 Å². The van der Waals surface area contributed by atoms with E-state index in [2.05, 4.69) is 17.6 Å². The Morgan fingerprint density at radius 3 is 2.58 bits per heavy atom. The number of rotatable bonds is 6. The third kappa shape index (κ3) is 4.77. The van der Waals surface area contributed by atoms with E-state index < -0.39 is 0 Å². The number of hydrogen-bond acceptors (Lipinski definition) is 3. The Labute approximate surface area is 116 Å². The molecule has 1 aliphatic carbocycles. The predicted molar refractivity (Wildman–Crippen MR) is 76.0 cm³/mol. The number of ether oxygens (including phenoxy) is 1. The Bertz CT molecular complexity index is 295. The molecule has 2 N–H and O–H groups in total. The highest BCUT2D eigenvalue weighted by molar-refractivity contribution is 5.77. The summed E-state index contributed by atoms with van der Waals surface area (Å²) in [6, 6.07) is 0. The molecule has 0 aromatic heterocycles. The van der Waals surface area contributed by atoms with Crippen LogP contribution in [-0.2, 0) is 9.53 Å². The second-order valence-corrected chi connectivity index (χ2v) is 6.61. The number of hydrogen-bond donors (Lipinski definition) is 2. The van der Waals surface area contributed by atoms with Gasteiger partial charge in [-0.3, -0.25) is 4.79 Å². The van der Waals surface area contributed by atoms with Crippen molar-refractivity contribution >= 4 is 5.91 Å². The van der Waals surface area contributed by atoms with E-state index in [1.807, 2.05) is 6.92 Å². The maximum atomic E-state index is 11.7. The molecule has 4 nitrogen and oxygen atoms in total. The monoisotopic (exact) mass is 268 g/mol. The van der Waals surface area contributed by atoms with Gasteiger partial charge in [0.05, 0.1) is 5.60 Å². The van der Waals surface area contributed by atoms with E-state index in [9.17, 15) is 4.79 Å². The second-order valence-electron chi connectivity index (χ2n) is 6.61. The van der Waals surface area contributed by atoms with Crippen LogP contribution in [0, 0.1) is 11.8 Å². The molecule has 0 radical (unpaired) electrons. The molecule has 1 amide bonds. The fourth-order valence-electron chi connectivity index (χ4n) is 2.90. The normalized spacial score (nSPS) is 29.6. The van der Waals surface area contributed by atoms with Crippen molar-refractivity contribution in [3.63, 3.8) is 0 Å². The van der Waals surface area contributed by atoms with E-state index in [-0.39, 0.29) is 18.1 Å². The molecule has 0 unspecified atom stereocenters. The average molecular weight is 268 g/mol.